The molecule has 2 aromatic rings. The first-order valence-corrected chi connectivity index (χ1v) is 4.39. The van der Waals surface area contributed by atoms with Crippen molar-refractivity contribution >= 4 is 0 Å². The van der Waals surface area contributed by atoms with Crippen molar-refractivity contribution in [3.8, 4) is 17.3 Å². The molecule has 5 nitrogen and oxygen atoms in total. The largest absolute Gasteiger partial charge is 0.481 e. The van der Waals surface area contributed by atoms with Gasteiger partial charge in [0.15, 0.2) is 0 Å². The molecule has 15 heavy (non-hydrogen) atoms. The fourth-order valence-corrected chi connectivity index (χ4v) is 1.17. The van der Waals surface area contributed by atoms with Crippen LogP contribution in [0.5, 0.6) is 5.88 Å². The summed E-state index contributed by atoms with van der Waals surface area (Å²) in [6.45, 7) is -0.133. The monoisotopic (exact) mass is 206 g/mol. The van der Waals surface area contributed by atoms with Crippen LogP contribution in [0.4, 0.5) is 0 Å². The lowest BCUT2D eigenvalue weighted by Gasteiger charge is -1.99. The van der Waals surface area contributed by atoms with E-state index >= 15 is 0 Å². The fraction of sp³-hybridized carbons (Fsp3) is 0.200. The van der Waals surface area contributed by atoms with Gasteiger partial charge >= 0.3 is 0 Å². The van der Waals surface area contributed by atoms with Crippen LogP contribution in [0.1, 0.15) is 5.69 Å². The molecular weight excluding hydrogens is 196 g/mol. The first-order valence-electron chi connectivity index (χ1n) is 4.39. The number of nitrogens with zero attached hydrogens (tertiary/aromatic N) is 2. The minimum atomic E-state index is -0.133. The van der Waals surface area contributed by atoms with Crippen LogP contribution in [0.3, 0.4) is 0 Å². The Balaban J connectivity index is 2.35. The lowest BCUT2D eigenvalue weighted by molar-refractivity contribution is 0.276. The Kier molecular flexibility index (Phi) is 2.64. The third-order valence-electron chi connectivity index (χ3n) is 1.90. The summed E-state index contributed by atoms with van der Waals surface area (Å²) in [6.07, 6.45) is 3.03. The van der Waals surface area contributed by atoms with Gasteiger partial charge in [-0.05, 0) is 6.07 Å². The Hall–Kier alpha value is -1.88. The molecule has 1 N–H and O–H groups in total. The number of hydrogen-bond acceptors (Lipinski definition) is 5. The molecule has 0 atom stereocenters. The topological polar surface area (TPSA) is 68.4 Å². The molecule has 2 aromatic heterocycles. The van der Waals surface area contributed by atoms with Crippen LogP contribution in [0.15, 0.2) is 29.0 Å². The molecule has 0 saturated carbocycles. The van der Waals surface area contributed by atoms with Gasteiger partial charge in [0.1, 0.15) is 12.0 Å². The number of ether oxygens (including phenoxy) is 1. The van der Waals surface area contributed by atoms with E-state index < -0.39 is 0 Å². The maximum atomic E-state index is 8.84. The average molecular weight is 206 g/mol. The second-order valence-electron chi connectivity index (χ2n) is 2.89. The maximum absolute atomic E-state index is 8.84. The summed E-state index contributed by atoms with van der Waals surface area (Å²) in [7, 11) is 1.54. The SMILES string of the molecule is COc1cc(-c2nc(CO)co2)ccn1. The van der Waals surface area contributed by atoms with Gasteiger partial charge in [-0.25, -0.2) is 9.97 Å². The Bertz CT molecular complexity index is 453. The number of oxazole rings is 1. The van der Waals surface area contributed by atoms with E-state index in [9.17, 15) is 0 Å². The van der Waals surface area contributed by atoms with E-state index in [1.165, 1.54) is 6.26 Å². The van der Waals surface area contributed by atoms with Gasteiger partial charge in [0, 0.05) is 17.8 Å². The Labute approximate surface area is 86.4 Å². The molecule has 0 radical (unpaired) electrons. The molecule has 5 heteroatoms. The molecular formula is C10H10N2O3. The number of aliphatic hydroxyl groups is 1. The van der Waals surface area contributed by atoms with Gasteiger partial charge < -0.3 is 14.3 Å². The van der Waals surface area contributed by atoms with Crippen molar-refractivity contribution < 1.29 is 14.3 Å². The van der Waals surface area contributed by atoms with Gasteiger partial charge in [0.05, 0.1) is 13.7 Å². The number of methoxy groups -OCH3 is 1. The predicted molar refractivity (Wildman–Crippen MR) is 52.2 cm³/mol. The smallest absolute Gasteiger partial charge is 0.226 e. The van der Waals surface area contributed by atoms with Gasteiger partial charge in [-0.1, -0.05) is 0 Å². The maximum Gasteiger partial charge on any atom is 0.226 e. The fourth-order valence-electron chi connectivity index (χ4n) is 1.17. The lowest BCUT2D eigenvalue weighted by Crippen LogP contribution is -1.88. The molecule has 0 aliphatic carbocycles. The van der Waals surface area contributed by atoms with Gasteiger partial charge in [0.25, 0.3) is 0 Å². The van der Waals surface area contributed by atoms with Crippen LogP contribution in [0.2, 0.25) is 0 Å². The van der Waals surface area contributed by atoms with Crippen LogP contribution in [0.25, 0.3) is 11.5 Å². The highest BCUT2D eigenvalue weighted by Crippen LogP contribution is 2.21. The zero-order chi connectivity index (χ0) is 10.7. The molecule has 0 aromatic carbocycles. The van der Waals surface area contributed by atoms with Gasteiger partial charge in [0.2, 0.25) is 11.8 Å². The van der Waals surface area contributed by atoms with Crippen LogP contribution in [0, 0.1) is 0 Å². The average Bonchev–Trinajstić information content (AvgIpc) is 2.78. The second-order valence-corrected chi connectivity index (χ2v) is 2.89. The summed E-state index contributed by atoms with van der Waals surface area (Å²) in [5.74, 6) is 0.941. The number of rotatable bonds is 3. The molecule has 0 aliphatic rings. The first kappa shape index (κ1) is 9.67. The zero-order valence-corrected chi connectivity index (χ0v) is 8.17. The van der Waals surface area contributed by atoms with Gasteiger partial charge in [-0.2, -0.15) is 0 Å². The number of aliphatic hydroxyl groups excluding tert-OH is 1. The van der Waals surface area contributed by atoms with Gasteiger partial charge in [-0.3, -0.25) is 0 Å². The summed E-state index contributed by atoms with van der Waals surface area (Å²) in [5.41, 5.74) is 1.27. The molecule has 2 heterocycles. The Morgan fingerprint density at radius 2 is 2.40 bits per heavy atom. The number of aromatic nitrogens is 2. The molecule has 0 spiro atoms. The molecule has 78 valence electrons. The third kappa shape index (κ3) is 1.97. The third-order valence-corrected chi connectivity index (χ3v) is 1.90. The summed E-state index contributed by atoms with van der Waals surface area (Å²) in [6, 6.07) is 3.47. The first-order chi connectivity index (χ1) is 7.33. The molecule has 0 aliphatic heterocycles. The van der Waals surface area contributed by atoms with Crippen LogP contribution in [-0.2, 0) is 6.61 Å². The number of pyridine rings is 1. The van der Waals surface area contributed by atoms with Crippen molar-refractivity contribution in [2.45, 2.75) is 6.61 Å². The quantitative estimate of drug-likeness (QED) is 0.818. The minimum absolute atomic E-state index is 0.133. The standard InChI is InChI=1S/C10H10N2O3/c1-14-9-4-7(2-3-11-9)10-12-8(5-13)6-15-10/h2-4,6,13H,5H2,1H3. The normalized spacial score (nSPS) is 10.3. The van der Waals surface area contributed by atoms with Crippen LogP contribution >= 0.6 is 0 Å². The highest BCUT2D eigenvalue weighted by molar-refractivity contribution is 5.54. The molecule has 0 unspecified atom stereocenters. The van der Waals surface area contributed by atoms with E-state index in [1.807, 2.05) is 0 Å². The molecule has 0 saturated heterocycles. The lowest BCUT2D eigenvalue weighted by atomic mass is 10.2. The molecule has 0 amide bonds. The van der Waals surface area contributed by atoms with E-state index in [0.29, 0.717) is 17.5 Å². The van der Waals surface area contributed by atoms with Crippen LogP contribution in [-0.4, -0.2) is 22.2 Å². The Morgan fingerprint density at radius 3 is 3.07 bits per heavy atom. The van der Waals surface area contributed by atoms with Crippen molar-refractivity contribution in [3.63, 3.8) is 0 Å². The van der Waals surface area contributed by atoms with E-state index in [-0.39, 0.29) is 6.61 Å². The van der Waals surface area contributed by atoms with Crippen molar-refractivity contribution in [2.75, 3.05) is 7.11 Å². The second kappa shape index (κ2) is 4.10. The summed E-state index contributed by atoms with van der Waals surface area (Å²) < 4.78 is 10.2. The van der Waals surface area contributed by atoms with E-state index in [1.54, 1.807) is 25.4 Å². The predicted octanol–water partition coefficient (Wildman–Crippen LogP) is 1.24. The van der Waals surface area contributed by atoms with Crippen molar-refractivity contribution in [1.29, 1.82) is 0 Å². The molecule has 0 fully saturated rings. The summed E-state index contributed by atoms with van der Waals surface area (Å²) >= 11 is 0. The van der Waals surface area contributed by atoms with Crippen molar-refractivity contribution in [3.05, 3.63) is 30.3 Å². The number of hydrogen-bond donors (Lipinski definition) is 1. The Morgan fingerprint density at radius 1 is 1.53 bits per heavy atom. The van der Waals surface area contributed by atoms with Crippen molar-refractivity contribution in [1.82, 2.24) is 9.97 Å². The van der Waals surface area contributed by atoms with E-state index in [2.05, 4.69) is 9.97 Å². The van der Waals surface area contributed by atoms with Crippen LogP contribution < -0.4 is 4.74 Å². The van der Waals surface area contributed by atoms with Crippen molar-refractivity contribution in [2.24, 2.45) is 0 Å². The summed E-state index contributed by atoms with van der Waals surface area (Å²) in [5, 5.41) is 8.84. The van der Waals surface area contributed by atoms with E-state index in [0.717, 1.165) is 5.56 Å². The van der Waals surface area contributed by atoms with E-state index in [4.69, 9.17) is 14.3 Å². The van der Waals surface area contributed by atoms with Gasteiger partial charge in [-0.15, -0.1) is 0 Å². The highest BCUT2D eigenvalue weighted by atomic mass is 16.5. The molecule has 2 rings (SSSR count). The zero-order valence-electron chi connectivity index (χ0n) is 8.17. The summed E-state index contributed by atoms with van der Waals surface area (Å²) in [4.78, 5) is 8.04. The molecule has 0 bridgehead atoms. The minimum Gasteiger partial charge on any atom is -0.481 e. The highest BCUT2D eigenvalue weighted by Gasteiger charge is 2.07.